The van der Waals surface area contributed by atoms with Gasteiger partial charge >= 0.3 is 6.09 Å². The molecule has 5 nitrogen and oxygen atoms in total. The first-order valence-corrected chi connectivity index (χ1v) is 7.24. The number of carboxylic acid groups (broad SMARTS) is 1. The summed E-state index contributed by atoms with van der Waals surface area (Å²) in [6.45, 7) is 2.67. The third-order valence-corrected chi connectivity index (χ3v) is 4.39. The second kappa shape index (κ2) is 5.32. The molecule has 1 amide bonds. The molecule has 1 heterocycles. The van der Waals surface area contributed by atoms with Crippen LogP contribution in [0.25, 0.3) is 0 Å². The zero-order valence-electron chi connectivity index (χ0n) is 11.6. The predicted octanol–water partition coefficient (Wildman–Crippen LogP) is 1.30. The highest BCUT2D eigenvalue weighted by molar-refractivity contribution is 5.66. The molecule has 1 aromatic rings. The summed E-state index contributed by atoms with van der Waals surface area (Å²) in [6.07, 6.45) is 2.23. The van der Waals surface area contributed by atoms with Gasteiger partial charge in [-0.05, 0) is 36.5 Å². The minimum Gasteiger partial charge on any atom is -0.465 e. The Bertz CT molecular complexity index is 510. The summed E-state index contributed by atoms with van der Waals surface area (Å²) in [4.78, 5) is 14.7. The van der Waals surface area contributed by atoms with Crippen LogP contribution in [0, 0.1) is 0 Å². The molecule has 1 aromatic carbocycles. The van der Waals surface area contributed by atoms with Crippen molar-refractivity contribution in [2.24, 2.45) is 5.73 Å². The molecule has 3 rings (SSSR count). The van der Waals surface area contributed by atoms with E-state index in [1.165, 1.54) is 21.7 Å². The topological polar surface area (TPSA) is 69.8 Å². The van der Waals surface area contributed by atoms with Crippen molar-refractivity contribution in [2.45, 2.75) is 25.3 Å². The van der Waals surface area contributed by atoms with Crippen LogP contribution in [0.4, 0.5) is 10.5 Å². The average Bonchev–Trinajstić information content (AvgIpc) is 2.46. The molecule has 2 aliphatic rings. The van der Waals surface area contributed by atoms with Gasteiger partial charge in [0.15, 0.2) is 0 Å². The molecule has 0 radical (unpaired) electrons. The zero-order valence-corrected chi connectivity index (χ0v) is 11.6. The van der Waals surface area contributed by atoms with Crippen LogP contribution in [0.5, 0.6) is 0 Å². The van der Waals surface area contributed by atoms with Crippen LogP contribution in [0.15, 0.2) is 18.2 Å². The highest BCUT2D eigenvalue weighted by atomic mass is 16.4. The third-order valence-electron chi connectivity index (χ3n) is 4.39. The number of hydrogen-bond donors (Lipinski definition) is 2. The number of nitrogens with two attached hydrogens (primary N) is 1. The Kier molecular flexibility index (Phi) is 3.53. The summed E-state index contributed by atoms with van der Waals surface area (Å²) in [5.41, 5.74) is 10.1. The summed E-state index contributed by atoms with van der Waals surface area (Å²) in [7, 11) is 0. The summed E-state index contributed by atoms with van der Waals surface area (Å²) in [5, 5.41) is 9.01. The fourth-order valence-electron chi connectivity index (χ4n) is 3.23. The second-order valence-electron chi connectivity index (χ2n) is 5.67. The molecular formula is C15H21N3O2. The number of fused-ring (bicyclic) bond motifs is 1. The van der Waals surface area contributed by atoms with Crippen molar-refractivity contribution < 1.29 is 9.90 Å². The minimum absolute atomic E-state index is 0.254. The average molecular weight is 275 g/mol. The summed E-state index contributed by atoms with van der Waals surface area (Å²) < 4.78 is 0. The Balaban J connectivity index is 1.80. The number of piperazine rings is 1. The molecule has 108 valence electrons. The van der Waals surface area contributed by atoms with E-state index in [1.54, 1.807) is 0 Å². The highest BCUT2D eigenvalue weighted by Crippen LogP contribution is 2.30. The Morgan fingerprint density at radius 1 is 1.25 bits per heavy atom. The first kappa shape index (κ1) is 13.2. The Labute approximate surface area is 119 Å². The molecule has 0 spiro atoms. The van der Waals surface area contributed by atoms with Gasteiger partial charge in [-0.15, -0.1) is 0 Å². The van der Waals surface area contributed by atoms with Crippen molar-refractivity contribution in [1.29, 1.82) is 0 Å². The SMILES string of the molecule is NC1CCc2cccc(N3CCN(C(=O)O)CC3)c2C1. The van der Waals surface area contributed by atoms with Gasteiger partial charge in [-0.1, -0.05) is 12.1 Å². The molecule has 1 fully saturated rings. The number of hydrogen-bond acceptors (Lipinski definition) is 3. The molecule has 1 atom stereocenters. The fourth-order valence-corrected chi connectivity index (χ4v) is 3.23. The molecular weight excluding hydrogens is 254 g/mol. The molecule has 1 unspecified atom stereocenters. The first-order valence-electron chi connectivity index (χ1n) is 7.24. The molecule has 20 heavy (non-hydrogen) atoms. The number of amides is 1. The molecule has 1 saturated heterocycles. The number of anilines is 1. The van der Waals surface area contributed by atoms with Crippen molar-refractivity contribution in [3.63, 3.8) is 0 Å². The largest absolute Gasteiger partial charge is 0.465 e. The van der Waals surface area contributed by atoms with Gasteiger partial charge in [-0.3, -0.25) is 0 Å². The maximum atomic E-state index is 11.0. The lowest BCUT2D eigenvalue weighted by molar-refractivity contribution is 0.142. The van der Waals surface area contributed by atoms with Gasteiger partial charge in [-0.25, -0.2) is 4.79 Å². The van der Waals surface area contributed by atoms with Gasteiger partial charge < -0.3 is 20.6 Å². The van der Waals surface area contributed by atoms with Crippen LogP contribution in [-0.2, 0) is 12.8 Å². The number of rotatable bonds is 1. The third kappa shape index (κ3) is 2.45. The zero-order chi connectivity index (χ0) is 14.1. The standard InChI is InChI=1S/C15H21N3O2/c16-12-5-4-11-2-1-3-14(13(11)10-12)17-6-8-18(9-7-17)15(19)20/h1-3,12H,4-10,16H2,(H,19,20). The lowest BCUT2D eigenvalue weighted by Crippen LogP contribution is -2.48. The molecule has 0 aromatic heterocycles. The molecule has 1 aliphatic carbocycles. The van der Waals surface area contributed by atoms with E-state index in [4.69, 9.17) is 10.8 Å². The van der Waals surface area contributed by atoms with E-state index in [2.05, 4.69) is 23.1 Å². The second-order valence-corrected chi connectivity index (χ2v) is 5.67. The van der Waals surface area contributed by atoms with Crippen molar-refractivity contribution >= 4 is 11.8 Å². The van der Waals surface area contributed by atoms with Gasteiger partial charge in [-0.2, -0.15) is 0 Å². The van der Waals surface area contributed by atoms with Crippen molar-refractivity contribution in [1.82, 2.24) is 4.90 Å². The Hall–Kier alpha value is -1.75. The first-order chi connectivity index (χ1) is 9.65. The number of nitrogens with zero attached hydrogens (tertiary/aromatic N) is 2. The minimum atomic E-state index is -0.818. The molecule has 5 heteroatoms. The fraction of sp³-hybridized carbons (Fsp3) is 0.533. The summed E-state index contributed by atoms with van der Waals surface area (Å²) >= 11 is 0. The summed E-state index contributed by atoms with van der Waals surface area (Å²) in [5.74, 6) is 0. The smallest absolute Gasteiger partial charge is 0.407 e. The van der Waals surface area contributed by atoms with E-state index in [0.29, 0.717) is 13.1 Å². The van der Waals surface area contributed by atoms with Crippen LogP contribution in [0.1, 0.15) is 17.5 Å². The maximum absolute atomic E-state index is 11.0. The normalized spacial score (nSPS) is 22.6. The van der Waals surface area contributed by atoms with Crippen molar-refractivity contribution in [3.8, 4) is 0 Å². The van der Waals surface area contributed by atoms with Crippen LogP contribution in [-0.4, -0.2) is 48.3 Å². The van der Waals surface area contributed by atoms with Crippen molar-refractivity contribution in [2.75, 3.05) is 31.1 Å². The highest BCUT2D eigenvalue weighted by Gasteiger charge is 2.25. The van der Waals surface area contributed by atoms with E-state index in [-0.39, 0.29) is 6.04 Å². The van der Waals surface area contributed by atoms with Crippen LogP contribution in [0.3, 0.4) is 0 Å². The Morgan fingerprint density at radius 2 is 2.00 bits per heavy atom. The van der Waals surface area contributed by atoms with Gasteiger partial charge in [0.1, 0.15) is 0 Å². The van der Waals surface area contributed by atoms with Crippen LogP contribution >= 0.6 is 0 Å². The number of carbonyl (C=O) groups is 1. The van der Waals surface area contributed by atoms with Crippen LogP contribution < -0.4 is 10.6 Å². The lowest BCUT2D eigenvalue weighted by atomic mass is 9.87. The van der Waals surface area contributed by atoms with Crippen LogP contribution in [0.2, 0.25) is 0 Å². The molecule has 0 saturated carbocycles. The van der Waals surface area contributed by atoms with E-state index < -0.39 is 6.09 Å². The molecule has 1 aliphatic heterocycles. The van der Waals surface area contributed by atoms with Gasteiger partial charge in [0.05, 0.1) is 0 Å². The molecule has 0 bridgehead atoms. The summed E-state index contributed by atoms with van der Waals surface area (Å²) in [6, 6.07) is 6.70. The van der Waals surface area contributed by atoms with Gasteiger partial charge in [0.25, 0.3) is 0 Å². The quantitative estimate of drug-likeness (QED) is 0.810. The Morgan fingerprint density at radius 3 is 2.70 bits per heavy atom. The number of aryl methyl sites for hydroxylation is 1. The van der Waals surface area contributed by atoms with E-state index in [9.17, 15) is 4.79 Å². The predicted molar refractivity (Wildman–Crippen MR) is 78.3 cm³/mol. The monoisotopic (exact) mass is 275 g/mol. The van der Waals surface area contributed by atoms with Crippen molar-refractivity contribution in [3.05, 3.63) is 29.3 Å². The molecule has 3 N–H and O–H groups in total. The lowest BCUT2D eigenvalue weighted by Gasteiger charge is -2.37. The number of benzene rings is 1. The van der Waals surface area contributed by atoms with E-state index in [0.717, 1.165) is 32.4 Å². The van der Waals surface area contributed by atoms with E-state index in [1.807, 2.05) is 0 Å². The van der Waals surface area contributed by atoms with E-state index >= 15 is 0 Å². The van der Waals surface area contributed by atoms with Gasteiger partial charge in [0, 0.05) is 37.9 Å². The van der Waals surface area contributed by atoms with Gasteiger partial charge in [0.2, 0.25) is 0 Å². The maximum Gasteiger partial charge on any atom is 0.407 e.